The Kier molecular flexibility index (Phi) is 6.11. The number of thioether (sulfide) groups is 1. The van der Waals surface area contributed by atoms with Gasteiger partial charge in [-0.3, -0.25) is 0 Å². The molecule has 0 bridgehead atoms. The van der Waals surface area contributed by atoms with E-state index in [2.05, 4.69) is 20.3 Å². The van der Waals surface area contributed by atoms with Crippen LogP contribution >= 0.6 is 34.4 Å². The first kappa shape index (κ1) is 21.7. The fourth-order valence-electron chi connectivity index (χ4n) is 3.70. The maximum absolute atomic E-state index is 11.0. The molecule has 4 heterocycles. The van der Waals surface area contributed by atoms with Crippen LogP contribution in [0.2, 0.25) is 0 Å². The Bertz CT molecular complexity index is 1210. The van der Waals surface area contributed by atoms with Crippen molar-refractivity contribution in [3.63, 3.8) is 0 Å². The van der Waals surface area contributed by atoms with E-state index in [9.17, 15) is 10.2 Å². The lowest BCUT2D eigenvalue weighted by molar-refractivity contribution is -0.186. The summed E-state index contributed by atoms with van der Waals surface area (Å²) in [5.74, 6) is 0. The predicted octanol–water partition coefficient (Wildman–Crippen LogP) is 2.02. The number of rotatable bonds is 6. The van der Waals surface area contributed by atoms with Gasteiger partial charge in [0.05, 0.1) is 28.5 Å². The molecule has 2 unspecified atom stereocenters. The quantitative estimate of drug-likeness (QED) is 0.366. The number of hydrogen-bond donors (Lipinski definition) is 3. The highest BCUT2D eigenvalue weighted by Gasteiger charge is 2.47. The lowest BCUT2D eigenvalue weighted by Gasteiger charge is -2.43. The van der Waals surface area contributed by atoms with E-state index in [1.807, 2.05) is 18.2 Å². The van der Waals surface area contributed by atoms with Crippen LogP contribution in [0.5, 0.6) is 0 Å². The average molecular weight is 493 g/mol. The van der Waals surface area contributed by atoms with Crippen molar-refractivity contribution in [3.8, 4) is 11.4 Å². The minimum absolute atomic E-state index is 0.344. The molecule has 1 aliphatic rings. The Morgan fingerprint density at radius 1 is 1.31 bits per heavy atom. The first-order valence-corrected chi connectivity index (χ1v) is 12.3. The smallest absolute Gasteiger partial charge is 0.180 e. The monoisotopic (exact) mass is 492 g/mol. The predicted molar refractivity (Wildman–Crippen MR) is 123 cm³/mol. The van der Waals surface area contributed by atoms with Crippen molar-refractivity contribution >= 4 is 49.8 Å². The van der Waals surface area contributed by atoms with E-state index in [0.29, 0.717) is 16.5 Å². The zero-order valence-electron chi connectivity index (χ0n) is 16.8. The van der Waals surface area contributed by atoms with E-state index in [4.69, 9.17) is 15.2 Å². The molecule has 1 saturated heterocycles. The SMILES string of the molecule is COC1[C@@H](Sc2ccc3ncsc3c2)OC(CO)[C@H](O)[C@@H]1n1cc(-c2csc(N)n2)nn1. The largest absolute Gasteiger partial charge is 0.394 e. The van der Waals surface area contributed by atoms with Crippen molar-refractivity contribution in [2.24, 2.45) is 0 Å². The van der Waals surface area contributed by atoms with Gasteiger partial charge >= 0.3 is 0 Å². The van der Waals surface area contributed by atoms with Crippen LogP contribution < -0.4 is 5.73 Å². The molecule has 0 aliphatic carbocycles. The van der Waals surface area contributed by atoms with Crippen LogP contribution in [0.3, 0.4) is 0 Å². The molecule has 32 heavy (non-hydrogen) atoms. The number of aliphatic hydroxyl groups excluding tert-OH is 2. The normalized spacial score (nSPS) is 26.0. The first-order chi connectivity index (χ1) is 15.6. The van der Waals surface area contributed by atoms with E-state index in [1.165, 1.54) is 23.1 Å². The van der Waals surface area contributed by atoms with Crippen LogP contribution in [0.15, 0.2) is 40.2 Å². The summed E-state index contributed by atoms with van der Waals surface area (Å²) in [5.41, 5.74) is 9.11. The summed E-state index contributed by atoms with van der Waals surface area (Å²) in [6.07, 6.45) is -0.733. The number of fused-ring (bicyclic) bond motifs is 1. The summed E-state index contributed by atoms with van der Waals surface area (Å²) >= 11 is 4.34. The highest BCUT2D eigenvalue weighted by atomic mass is 32.2. The fraction of sp³-hybridized carbons (Fsp3) is 0.368. The number of aliphatic hydroxyl groups is 2. The molecule has 0 saturated carbocycles. The molecule has 1 aliphatic heterocycles. The number of ether oxygens (including phenoxy) is 2. The van der Waals surface area contributed by atoms with E-state index in [1.54, 1.807) is 40.2 Å². The second-order valence-corrected chi connectivity index (χ2v) is 10.1. The number of anilines is 1. The molecule has 4 N–H and O–H groups in total. The molecule has 0 spiro atoms. The summed E-state index contributed by atoms with van der Waals surface area (Å²) < 4.78 is 14.4. The summed E-state index contributed by atoms with van der Waals surface area (Å²) in [6, 6.07) is 5.34. The van der Waals surface area contributed by atoms with Gasteiger partial charge in [0.15, 0.2) is 5.13 Å². The topological polar surface area (TPSA) is 141 Å². The molecule has 13 heteroatoms. The van der Waals surface area contributed by atoms with Gasteiger partial charge in [0, 0.05) is 17.4 Å². The second-order valence-electron chi connectivity index (χ2n) is 7.16. The number of nitrogen functional groups attached to an aromatic ring is 1. The van der Waals surface area contributed by atoms with Crippen LogP contribution in [-0.2, 0) is 9.47 Å². The van der Waals surface area contributed by atoms with E-state index in [0.717, 1.165) is 15.1 Å². The number of hydrogen-bond acceptors (Lipinski definition) is 12. The molecule has 3 aromatic heterocycles. The maximum atomic E-state index is 11.0. The van der Waals surface area contributed by atoms with Crippen molar-refractivity contribution in [2.45, 2.75) is 34.7 Å². The van der Waals surface area contributed by atoms with Gasteiger partial charge in [0.25, 0.3) is 0 Å². The van der Waals surface area contributed by atoms with Gasteiger partial charge in [-0.2, -0.15) is 0 Å². The van der Waals surface area contributed by atoms with Gasteiger partial charge in [-0.1, -0.05) is 17.0 Å². The second kappa shape index (κ2) is 9.02. The molecule has 0 amide bonds. The van der Waals surface area contributed by atoms with Gasteiger partial charge in [-0.25, -0.2) is 14.6 Å². The van der Waals surface area contributed by atoms with E-state index in [-0.39, 0.29) is 6.61 Å². The average Bonchev–Trinajstić information content (AvgIpc) is 3.54. The van der Waals surface area contributed by atoms with Crippen molar-refractivity contribution in [2.75, 3.05) is 19.5 Å². The Morgan fingerprint density at radius 3 is 2.94 bits per heavy atom. The van der Waals surface area contributed by atoms with Gasteiger partial charge in [-0.05, 0) is 18.2 Å². The lowest BCUT2D eigenvalue weighted by atomic mass is 9.97. The third-order valence-corrected chi connectivity index (χ3v) is 7.86. The molecule has 1 aromatic carbocycles. The van der Waals surface area contributed by atoms with Gasteiger partial charge < -0.3 is 25.4 Å². The molecule has 4 aromatic rings. The van der Waals surface area contributed by atoms with Crippen molar-refractivity contribution in [1.82, 2.24) is 25.0 Å². The summed E-state index contributed by atoms with van der Waals surface area (Å²) in [7, 11) is 1.56. The molecule has 5 rings (SSSR count). The number of nitrogens with zero attached hydrogens (tertiary/aromatic N) is 5. The molecular formula is C19H20N6O4S3. The zero-order chi connectivity index (χ0) is 22.2. The highest BCUT2D eigenvalue weighted by Crippen LogP contribution is 2.40. The number of benzene rings is 1. The minimum atomic E-state index is -1.05. The Hall–Kier alpha value is -2.13. The van der Waals surface area contributed by atoms with Crippen LogP contribution in [0, 0.1) is 0 Å². The Balaban J connectivity index is 1.45. The fourth-order valence-corrected chi connectivity index (χ4v) is 6.25. The summed E-state index contributed by atoms with van der Waals surface area (Å²) in [4.78, 5) is 9.51. The first-order valence-electron chi connectivity index (χ1n) is 9.67. The summed E-state index contributed by atoms with van der Waals surface area (Å²) in [6.45, 7) is -0.344. The Labute approximate surface area is 195 Å². The highest BCUT2D eigenvalue weighted by molar-refractivity contribution is 7.99. The Morgan fingerprint density at radius 2 is 2.19 bits per heavy atom. The number of thiazole rings is 2. The molecule has 1 fully saturated rings. The zero-order valence-corrected chi connectivity index (χ0v) is 19.3. The van der Waals surface area contributed by atoms with Crippen LogP contribution in [-0.4, -0.2) is 72.6 Å². The van der Waals surface area contributed by atoms with Gasteiger partial charge in [0.1, 0.15) is 41.2 Å². The number of nitrogens with two attached hydrogens (primary N) is 1. The summed E-state index contributed by atoms with van der Waals surface area (Å²) in [5, 5.41) is 31.5. The lowest BCUT2D eigenvalue weighted by Crippen LogP contribution is -2.55. The van der Waals surface area contributed by atoms with Crippen molar-refractivity contribution < 1.29 is 19.7 Å². The number of aromatic nitrogens is 5. The standard InChI is InChI=1S/C19H20N6O4S3/c1-28-17-15(25-5-11(23-24-25)12-7-30-19(20)22-12)16(27)13(6-26)29-18(17)32-9-2-3-10-14(4-9)31-8-21-10/h2-5,7-8,13,15-18,26-27H,6H2,1H3,(H2,20,22)/t13?,15-,16-,17?,18+/m0/s1. The maximum Gasteiger partial charge on any atom is 0.180 e. The third kappa shape index (κ3) is 4.01. The third-order valence-electron chi connectivity index (χ3n) is 5.25. The molecule has 0 radical (unpaired) electrons. The van der Waals surface area contributed by atoms with E-state index >= 15 is 0 Å². The molecule has 5 atom stereocenters. The van der Waals surface area contributed by atoms with Gasteiger partial charge in [-0.15, -0.1) is 27.8 Å². The molecule has 168 valence electrons. The van der Waals surface area contributed by atoms with Crippen LogP contribution in [0.25, 0.3) is 21.6 Å². The molecular weight excluding hydrogens is 472 g/mol. The van der Waals surface area contributed by atoms with Crippen molar-refractivity contribution in [1.29, 1.82) is 0 Å². The number of methoxy groups -OCH3 is 1. The van der Waals surface area contributed by atoms with Gasteiger partial charge in [0.2, 0.25) is 0 Å². The van der Waals surface area contributed by atoms with Crippen LogP contribution in [0.1, 0.15) is 6.04 Å². The molecule has 10 nitrogen and oxygen atoms in total. The van der Waals surface area contributed by atoms with Crippen LogP contribution in [0.4, 0.5) is 5.13 Å². The van der Waals surface area contributed by atoms with E-state index < -0.39 is 29.8 Å². The van der Waals surface area contributed by atoms with Crippen molar-refractivity contribution in [3.05, 3.63) is 35.3 Å². The minimum Gasteiger partial charge on any atom is -0.394 e.